The van der Waals surface area contributed by atoms with Crippen molar-refractivity contribution in [3.05, 3.63) is 60.2 Å². The van der Waals surface area contributed by atoms with Gasteiger partial charge in [0.05, 0.1) is 33.3 Å². The summed E-state index contributed by atoms with van der Waals surface area (Å²) in [6.07, 6.45) is 0. The van der Waals surface area contributed by atoms with Gasteiger partial charge in [0.25, 0.3) is 0 Å². The average Bonchev–Trinajstić information content (AvgIpc) is 2.67. The van der Waals surface area contributed by atoms with Crippen molar-refractivity contribution in [2.24, 2.45) is 0 Å². The summed E-state index contributed by atoms with van der Waals surface area (Å²) in [4.78, 5) is -0.134. The molecular weight excluding hydrogens is 401 g/mol. The van der Waals surface area contributed by atoms with Gasteiger partial charge in [0.2, 0.25) is 15.3 Å². The molecule has 2 rings (SSSR count). The van der Waals surface area contributed by atoms with Crippen molar-refractivity contribution in [2.75, 3.05) is 7.11 Å². The lowest BCUT2D eigenvalue weighted by atomic mass is 9.94. The minimum Gasteiger partial charge on any atom is -0.497 e. The molecule has 2 aromatic carbocycles. The molecule has 0 aliphatic rings. The Morgan fingerprint density at radius 3 is 2.00 bits per heavy atom. The zero-order valence-electron chi connectivity index (χ0n) is 16.6. The molecule has 0 fully saturated rings. The molecule has 5 nitrogen and oxygen atoms in total. The lowest BCUT2D eigenvalue weighted by Crippen LogP contribution is -2.54. The maximum Gasteiger partial charge on any atom is 0.227 e. The molecule has 0 amide bonds. The van der Waals surface area contributed by atoms with E-state index in [2.05, 4.69) is 4.72 Å². The van der Waals surface area contributed by atoms with Gasteiger partial charge in [0.1, 0.15) is 5.75 Å². The molecule has 0 bridgehead atoms. The number of sulfone groups is 1. The Balaban J connectivity index is 2.58. The number of rotatable bonds is 7. The monoisotopic (exact) mass is 427 g/mol. The molecule has 0 saturated heterocycles. The Labute approximate surface area is 168 Å². The van der Waals surface area contributed by atoms with Gasteiger partial charge >= 0.3 is 0 Å². The molecule has 8 heteroatoms. The van der Waals surface area contributed by atoms with Gasteiger partial charge in [-0.25, -0.2) is 21.7 Å². The number of hydrogen-bond donors (Lipinski definition) is 1. The molecule has 0 aliphatic carbocycles. The summed E-state index contributed by atoms with van der Waals surface area (Å²) in [5, 5.41) is 0. The molecule has 0 aliphatic heterocycles. The second-order valence-corrected chi connectivity index (χ2v) is 11.5. The quantitative estimate of drug-likeness (QED) is 0.731. The van der Waals surface area contributed by atoms with Crippen LogP contribution in [0, 0.1) is 0 Å². The molecule has 2 aromatic rings. The largest absolute Gasteiger partial charge is 0.497 e. The topological polar surface area (TPSA) is 72.5 Å². The molecule has 28 heavy (non-hydrogen) atoms. The van der Waals surface area contributed by atoms with Crippen LogP contribution >= 0.6 is 0 Å². The van der Waals surface area contributed by atoms with Crippen LogP contribution in [0.5, 0.6) is 5.75 Å². The predicted octanol–water partition coefficient (Wildman–Crippen LogP) is 3.73. The van der Waals surface area contributed by atoms with Crippen molar-refractivity contribution in [3.63, 3.8) is 0 Å². The van der Waals surface area contributed by atoms with E-state index < -0.39 is 36.6 Å². The summed E-state index contributed by atoms with van der Waals surface area (Å²) in [6.45, 7) is 6.58. The summed E-state index contributed by atoms with van der Waals surface area (Å²) < 4.78 is 61.6. The van der Waals surface area contributed by atoms with Crippen LogP contribution < -0.4 is 9.46 Å². The first-order valence-corrected chi connectivity index (χ1v) is 11.4. The van der Waals surface area contributed by atoms with Crippen molar-refractivity contribution in [3.8, 4) is 5.75 Å². The van der Waals surface area contributed by atoms with E-state index in [0.717, 1.165) is 0 Å². The number of nitrogens with one attached hydrogen (secondary N) is 1. The van der Waals surface area contributed by atoms with E-state index in [1.165, 1.54) is 38.3 Å². The highest BCUT2D eigenvalue weighted by molar-refractivity contribution is 7.92. The number of methoxy groups -OCH3 is 1. The lowest BCUT2D eigenvalue weighted by molar-refractivity contribution is 0.261. The highest BCUT2D eigenvalue weighted by atomic mass is 32.2. The molecule has 0 heterocycles. The van der Waals surface area contributed by atoms with Gasteiger partial charge in [0, 0.05) is 0 Å². The van der Waals surface area contributed by atoms with Crippen molar-refractivity contribution in [1.82, 2.24) is 4.72 Å². The van der Waals surface area contributed by atoms with Gasteiger partial charge in [-0.1, -0.05) is 30.3 Å². The molecule has 0 radical (unpaired) electrons. The second-order valence-electron chi connectivity index (χ2n) is 7.59. The fourth-order valence-corrected chi connectivity index (χ4v) is 5.14. The molecule has 1 unspecified atom stereocenters. The third-order valence-corrected chi connectivity index (χ3v) is 8.02. The second kappa shape index (κ2) is 8.31. The van der Waals surface area contributed by atoms with Gasteiger partial charge in [-0.3, -0.25) is 0 Å². The molecule has 3 atom stereocenters. The van der Waals surface area contributed by atoms with Gasteiger partial charge in [-0.05, 0) is 57.5 Å². The van der Waals surface area contributed by atoms with E-state index in [-0.39, 0.29) is 4.90 Å². The maximum absolute atomic E-state index is 15.7. The Morgan fingerprint density at radius 2 is 1.54 bits per heavy atom. The van der Waals surface area contributed by atoms with Crippen LogP contribution in [0.15, 0.2) is 59.5 Å². The standard InChI is InChI=1S/C20H26FNO4S2/c1-19(2,3)27(23)22-20(4,15-11-13-16(26-5)14-12-15)18(21)28(24,25)17-9-7-6-8-10-17/h6-14,18,22H,1-5H3/t18?,20-,27-/m1/s1. The molecule has 0 aromatic heterocycles. The minimum absolute atomic E-state index is 0.134. The summed E-state index contributed by atoms with van der Waals surface area (Å²) in [7, 11) is -4.56. The zero-order valence-corrected chi connectivity index (χ0v) is 18.2. The lowest BCUT2D eigenvalue weighted by Gasteiger charge is -2.36. The van der Waals surface area contributed by atoms with E-state index in [1.54, 1.807) is 51.1 Å². The number of halogens is 1. The van der Waals surface area contributed by atoms with Crippen LogP contribution in [0.1, 0.15) is 33.3 Å². The highest BCUT2D eigenvalue weighted by Crippen LogP contribution is 2.35. The number of hydrogen-bond acceptors (Lipinski definition) is 4. The summed E-state index contributed by atoms with van der Waals surface area (Å²) in [6, 6.07) is 13.8. The van der Waals surface area contributed by atoms with Crippen molar-refractivity contribution in [1.29, 1.82) is 0 Å². The number of benzene rings is 2. The number of ether oxygens (including phenoxy) is 1. The van der Waals surface area contributed by atoms with Crippen molar-refractivity contribution < 1.29 is 21.8 Å². The van der Waals surface area contributed by atoms with Gasteiger partial charge in [-0.15, -0.1) is 0 Å². The Morgan fingerprint density at radius 1 is 1.00 bits per heavy atom. The number of alkyl halides is 1. The van der Waals surface area contributed by atoms with Crippen LogP contribution in [0.4, 0.5) is 4.39 Å². The molecule has 0 spiro atoms. The van der Waals surface area contributed by atoms with E-state index in [9.17, 15) is 12.6 Å². The summed E-state index contributed by atoms with van der Waals surface area (Å²) >= 11 is 0. The van der Waals surface area contributed by atoms with E-state index >= 15 is 4.39 Å². The predicted molar refractivity (Wildman–Crippen MR) is 110 cm³/mol. The minimum atomic E-state index is -4.35. The maximum atomic E-state index is 15.7. The highest BCUT2D eigenvalue weighted by Gasteiger charge is 2.47. The van der Waals surface area contributed by atoms with Crippen LogP contribution in [0.3, 0.4) is 0 Å². The first-order chi connectivity index (χ1) is 12.9. The van der Waals surface area contributed by atoms with Crippen molar-refractivity contribution >= 4 is 20.8 Å². The van der Waals surface area contributed by atoms with Crippen LogP contribution in [0.25, 0.3) is 0 Å². The Hall–Kier alpha value is -1.77. The van der Waals surface area contributed by atoms with E-state index in [0.29, 0.717) is 11.3 Å². The first kappa shape index (κ1) is 22.5. The van der Waals surface area contributed by atoms with Gasteiger partial charge in [0.15, 0.2) is 0 Å². The summed E-state index contributed by atoms with van der Waals surface area (Å²) in [5.41, 5.74) is -3.78. The van der Waals surface area contributed by atoms with Crippen LogP contribution in [0.2, 0.25) is 0 Å². The molecular formula is C20H26FNO4S2. The van der Waals surface area contributed by atoms with E-state index in [4.69, 9.17) is 4.74 Å². The molecule has 1 N–H and O–H groups in total. The Bertz CT molecular complexity index is 925. The third-order valence-electron chi connectivity index (χ3n) is 4.35. The average molecular weight is 428 g/mol. The zero-order chi connectivity index (χ0) is 21.2. The van der Waals surface area contributed by atoms with Crippen molar-refractivity contribution in [2.45, 2.75) is 48.4 Å². The van der Waals surface area contributed by atoms with Crippen LogP contribution in [-0.4, -0.2) is 30.0 Å². The fourth-order valence-electron chi connectivity index (χ4n) is 2.56. The molecule has 154 valence electrons. The van der Waals surface area contributed by atoms with Crippen LogP contribution in [-0.2, 0) is 26.4 Å². The SMILES string of the molecule is COc1ccc([C@@](C)(N[S@](=O)C(C)(C)C)C(F)S(=O)(=O)c2ccccc2)cc1. The first-order valence-electron chi connectivity index (χ1n) is 8.70. The van der Waals surface area contributed by atoms with Gasteiger partial charge in [-0.2, -0.15) is 0 Å². The smallest absolute Gasteiger partial charge is 0.227 e. The normalized spacial score (nSPS) is 16.8. The summed E-state index contributed by atoms with van der Waals surface area (Å²) in [5.74, 6) is 0.546. The third kappa shape index (κ3) is 4.61. The Kier molecular flexibility index (Phi) is 6.68. The fraction of sp³-hybridized carbons (Fsp3) is 0.400. The molecule has 0 saturated carbocycles. The van der Waals surface area contributed by atoms with Gasteiger partial charge < -0.3 is 4.74 Å². The van der Waals surface area contributed by atoms with E-state index in [1.807, 2.05) is 0 Å².